The predicted molar refractivity (Wildman–Crippen MR) is 93.5 cm³/mol. The Balaban J connectivity index is 1.57. The largest absolute Gasteiger partial charge is 0.462 e. The van der Waals surface area contributed by atoms with E-state index < -0.39 is 18.8 Å². The zero-order chi connectivity index (χ0) is 19.0. The van der Waals surface area contributed by atoms with E-state index in [1.54, 1.807) is 6.20 Å². The summed E-state index contributed by atoms with van der Waals surface area (Å²) in [6.45, 7) is 2.09. The van der Waals surface area contributed by atoms with Gasteiger partial charge in [-0.2, -0.15) is 0 Å². The summed E-state index contributed by atoms with van der Waals surface area (Å²) in [5.41, 5.74) is 2.33. The van der Waals surface area contributed by atoms with Crippen LogP contribution < -0.4 is 0 Å². The molecule has 9 heteroatoms. The molecule has 4 rings (SSSR count). The highest BCUT2D eigenvalue weighted by Gasteiger charge is 2.39. The molecule has 7 nitrogen and oxygen atoms in total. The molecule has 1 aliphatic rings. The molecule has 1 N–H and O–H groups in total. The van der Waals surface area contributed by atoms with E-state index in [9.17, 15) is 13.6 Å². The lowest BCUT2D eigenvalue weighted by molar-refractivity contribution is -0.149. The van der Waals surface area contributed by atoms with Crippen molar-refractivity contribution in [1.82, 2.24) is 24.6 Å². The van der Waals surface area contributed by atoms with Crippen molar-refractivity contribution in [3.05, 3.63) is 24.3 Å². The van der Waals surface area contributed by atoms with Gasteiger partial charge in [-0.25, -0.2) is 13.8 Å². The highest BCUT2D eigenvalue weighted by Crippen LogP contribution is 2.42. The SMILES string of the molecule is CC[C@@H]1C[C@H](OC(=O)CCC(F)F)C[C@@H]1c1nnc2cnc3[nH]ccc3n12. The van der Waals surface area contributed by atoms with Gasteiger partial charge in [-0.15, -0.1) is 10.2 Å². The zero-order valence-corrected chi connectivity index (χ0v) is 14.9. The maximum absolute atomic E-state index is 12.3. The molecule has 0 unspecified atom stereocenters. The molecule has 3 atom stereocenters. The van der Waals surface area contributed by atoms with E-state index in [1.165, 1.54) is 0 Å². The van der Waals surface area contributed by atoms with Crippen LogP contribution in [-0.2, 0) is 9.53 Å². The monoisotopic (exact) mass is 377 g/mol. The van der Waals surface area contributed by atoms with E-state index in [-0.39, 0.29) is 24.4 Å². The minimum Gasteiger partial charge on any atom is -0.462 e. The first-order valence-corrected chi connectivity index (χ1v) is 9.21. The molecule has 144 valence electrons. The molecule has 1 saturated carbocycles. The lowest BCUT2D eigenvalue weighted by Crippen LogP contribution is -2.16. The number of nitrogens with zero attached hydrogens (tertiary/aromatic N) is 4. The van der Waals surface area contributed by atoms with E-state index in [1.807, 2.05) is 16.7 Å². The van der Waals surface area contributed by atoms with Crippen LogP contribution in [0.15, 0.2) is 18.5 Å². The normalized spacial score (nSPS) is 22.9. The number of carbonyl (C=O) groups is 1. The number of hydrogen-bond acceptors (Lipinski definition) is 5. The molecule has 3 aromatic heterocycles. The number of alkyl halides is 2. The van der Waals surface area contributed by atoms with Gasteiger partial charge in [0.05, 0.1) is 18.1 Å². The fourth-order valence-corrected chi connectivity index (χ4v) is 4.05. The van der Waals surface area contributed by atoms with Gasteiger partial charge in [0.1, 0.15) is 11.9 Å². The third-order valence-corrected chi connectivity index (χ3v) is 5.34. The molecule has 0 aromatic carbocycles. The minimum absolute atomic E-state index is 0.0819. The maximum atomic E-state index is 12.3. The molecule has 0 bridgehead atoms. The van der Waals surface area contributed by atoms with Crippen molar-refractivity contribution in [1.29, 1.82) is 0 Å². The van der Waals surface area contributed by atoms with Gasteiger partial charge in [0.15, 0.2) is 11.3 Å². The molecule has 27 heavy (non-hydrogen) atoms. The number of aromatic amines is 1. The second kappa shape index (κ2) is 7.21. The lowest BCUT2D eigenvalue weighted by Gasteiger charge is -2.15. The zero-order valence-electron chi connectivity index (χ0n) is 14.9. The Morgan fingerprint density at radius 2 is 2.26 bits per heavy atom. The lowest BCUT2D eigenvalue weighted by atomic mass is 9.93. The topological polar surface area (TPSA) is 85.2 Å². The van der Waals surface area contributed by atoms with Gasteiger partial charge in [-0.05, 0) is 24.8 Å². The molecule has 0 spiro atoms. The number of nitrogens with one attached hydrogen (secondary N) is 1. The van der Waals surface area contributed by atoms with E-state index >= 15 is 0 Å². The number of carbonyl (C=O) groups excluding carboxylic acids is 1. The van der Waals surface area contributed by atoms with Crippen molar-refractivity contribution in [3.63, 3.8) is 0 Å². The fraction of sp³-hybridized carbons (Fsp3) is 0.556. The number of fused-ring (bicyclic) bond motifs is 3. The predicted octanol–water partition coefficient (Wildman–Crippen LogP) is 3.47. The van der Waals surface area contributed by atoms with Gasteiger partial charge in [0.2, 0.25) is 6.43 Å². The molecular weight excluding hydrogens is 356 g/mol. The van der Waals surface area contributed by atoms with E-state index in [0.717, 1.165) is 23.4 Å². The number of rotatable bonds is 6. The number of H-pyrrole nitrogens is 1. The summed E-state index contributed by atoms with van der Waals surface area (Å²) in [6.07, 6.45) is 2.25. The first-order valence-electron chi connectivity index (χ1n) is 9.21. The summed E-state index contributed by atoms with van der Waals surface area (Å²) >= 11 is 0. The average Bonchev–Trinajstić information content (AvgIpc) is 3.35. The summed E-state index contributed by atoms with van der Waals surface area (Å²) in [7, 11) is 0. The molecule has 0 amide bonds. The highest BCUT2D eigenvalue weighted by molar-refractivity contribution is 5.74. The summed E-state index contributed by atoms with van der Waals surface area (Å²) < 4.78 is 32.0. The Hall–Kier alpha value is -2.58. The third-order valence-electron chi connectivity index (χ3n) is 5.34. The van der Waals surface area contributed by atoms with Gasteiger partial charge in [0, 0.05) is 18.5 Å². The van der Waals surface area contributed by atoms with Crippen molar-refractivity contribution >= 4 is 22.8 Å². The number of esters is 1. The van der Waals surface area contributed by atoms with Crippen molar-refractivity contribution in [3.8, 4) is 0 Å². The fourth-order valence-electron chi connectivity index (χ4n) is 4.05. The van der Waals surface area contributed by atoms with Gasteiger partial charge in [-0.3, -0.25) is 9.20 Å². The summed E-state index contributed by atoms with van der Waals surface area (Å²) in [6, 6.07) is 1.93. The van der Waals surface area contributed by atoms with Crippen LogP contribution in [0.5, 0.6) is 0 Å². The molecule has 0 aliphatic heterocycles. The Kier molecular flexibility index (Phi) is 4.75. The van der Waals surface area contributed by atoms with Crippen LogP contribution >= 0.6 is 0 Å². The number of hydrogen-bond donors (Lipinski definition) is 1. The molecule has 1 fully saturated rings. The van der Waals surface area contributed by atoms with Crippen LogP contribution in [0.4, 0.5) is 8.78 Å². The summed E-state index contributed by atoms with van der Waals surface area (Å²) in [5.74, 6) is 0.639. The molecule has 3 heterocycles. The highest BCUT2D eigenvalue weighted by atomic mass is 19.3. The molecule has 0 radical (unpaired) electrons. The van der Waals surface area contributed by atoms with Gasteiger partial charge in [0.25, 0.3) is 0 Å². The smallest absolute Gasteiger partial charge is 0.306 e. The van der Waals surface area contributed by atoms with Crippen molar-refractivity contribution < 1.29 is 18.3 Å². The minimum atomic E-state index is -2.49. The van der Waals surface area contributed by atoms with Crippen LogP contribution in [0.3, 0.4) is 0 Å². The van der Waals surface area contributed by atoms with Gasteiger partial charge in [-0.1, -0.05) is 13.3 Å². The summed E-state index contributed by atoms with van der Waals surface area (Å²) in [5, 5.41) is 8.64. The number of aromatic nitrogens is 5. The van der Waals surface area contributed by atoms with Crippen LogP contribution in [0.1, 0.15) is 50.8 Å². The molecular formula is C18H21F2N5O2. The third kappa shape index (κ3) is 3.38. The standard InChI is InChI=1S/C18H21F2N5O2/c1-2-10-7-11(27-16(26)4-3-14(19)20)8-12(10)18-24-23-15-9-22-17-13(25(15)18)5-6-21-17/h5-6,9-12,14,21H,2-4,7-8H2,1H3/t10-,11+,12+/m1/s1. The maximum Gasteiger partial charge on any atom is 0.306 e. The first kappa shape index (κ1) is 17.8. The van der Waals surface area contributed by atoms with Crippen molar-refractivity contribution in [2.24, 2.45) is 5.92 Å². The Morgan fingerprint density at radius 3 is 3.04 bits per heavy atom. The molecule has 1 aliphatic carbocycles. The van der Waals surface area contributed by atoms with Crippen LogP contribution in [0.2, 0.25) is 0 Å². The van der Waals surface area contributed by atoms with E-state index in [4.69, 9.17) is 4.74 Å². The number of ether oxygens (including phenoxy) is 1. The molecule has 3 aromatic rings. The van der Waals surface area contributed by atoms with Crippen LogP contribution in [0, 0.1) is 5.92 Å². The van der Waals surface area contributed by atoms with Gasteiger partial charge < -0.3 is 9.72 Å². The first-order chi connectivity index (χ1) is 13.1. The summed E-state index contributed by atoms with van der Waals surface area (Å²) in [4.78, 5) is 19.3. The Morgan fingerprint density at radius 1 is 1.41 bits per heavy atom. The Labute approximate surface area is 154 Å². The average molecular weight is 377 g/mol. The second-order valence-corrected chi connectivity index (χ2v) is 7.01. The van der Waals surface area contributed by atoms with E-state index in [2.05, 4.69) is 27.1 Å². The van der Waals surface area contributed by atoms with Crippen molar-refractivity contribution in [2.75, 3.05) is 0 Å². The van der Waals surface area contributed by atoms with Crippen molar-refractivity contribution in [2.45, 2.75) is 57.5 Å². The second-order valence-electron chi connectivity index (χ2n) is 7.01. The quantitative estimate of drug-likeness (QED) is 0.665. The van der Waals surface area contributed by atoms with Gasteiger partial charge >= 0.3 is 5.97 Å². The number of halogens is 2. The van der Waals surface area contributed by atoms with Crippen LogP contribution in [-0.4, -0.2) is 43.1 Å². The van der Waals surface area contributed by atoms with E-state index in [0.29, 0.717) is 18.5 Å². The molecule has 0 saturated heterocycles. The van der Waals surface area contributed by atoms with Crippen LogP contribution in [0.25, 0.3) is 16.8 Å². The Bertz CT molecular complexity index is 954.